The molecule has 2 heterocycles. The van der Waals surface area contributed by atoms with Gasteiger partial charge in [0.15, 0.2) is 0 Å². The van der Waals surface area contributed by atoms with Crippen molar-refractivity contribution in [2.24, 2.45) is 11.8 Å². The molecule has 0 unspecified atom stereocenters. The summed E-state index contributed by atoms with van der Waals surface area (Å²) < 4.78 is 6.00. The molecule has 4 heteroatoms. The van der Waals surface area contributed by atoms with Gasteiger partial charge in [0.05, 0.1) is 5.56 Å². The molecule has 2 aromatic carbocycles. The molecular weight excluding hydrogens is 300 g/mol. The van der Waals surface area contributed by atoms with E-state index in [0.717, 1.165) is 37.0 Å². The molecule has 126 valence electrons. The molecule has 0 amide bonds. The van der Waals surface area contributed by atoms with Gasteiger partial charge in [-0.1, -0.05) is 30.3 Å². The van der Waals surface area contributed by atoms with Crippen molar-refractivity contribution in [3.05, 3.63) is 48.0 Å². The summed E-state index contributed by atoms with van der Waals surface area (Å²) in [6.45, 7) is 3.99. The van der Waals surface area contributed by atoms with E-state index in [4.69, 9.17) is 4.74 Å². The highest BCUT2D eigenvalue weighted by atomic mass is 16.5. The standard InChI is InChI=1S/C20H24N2O2/c1-21-10-17-12-22(2)13-18(11-21)19(17)24-20(23)16-8-7-14-5-3-4-6-15(14)9-16/h3-9,17-19H,10-13H2,1-2H3. The fraction of sp³-hybridized carbons (Fsp3) is 0.450. The van der Waals surface area contributed by atoms with Crippen LogP contribution in [0.3, 0.4) is 0 Å². The predicted octanol–water partition coefficient (Wildman–Crippen LogP) is 2.49. The smallest absolute Gasteiger partial charge is 0.338 e. The zero-order valence-electron chi connectivity index (χ0n) is 14.3. The molecule has 0 aliphatic carbocycles. The van der Waals surface area contributed by atoms with Gasteiger partial charge in [-0.3, -0.25) is 0 Å². The molecule has 2 bridgehead atoms. The van der Waals surface area contributed by atoms with Crippen LogP contribution in [0.1, 0.15) is 10.4 Å². The Kier molecular flexibility index (Phi) is 4.02. The average molecular weight is 324 g/mol. The lowest BCUT2D eigenvalue weighted by molar-refractivity contribution is -0.0792. The molecule has 0 N–H and O–H groups in total. The van der Waals surface area contributed by atoms with Crippen LogP contribution in [0.2, 0.25) is 0 Å². The van der Waals surface area contributed by atoms with Crippen LogP contribution in [0.25, 0.3) is 10.8 Å². The molecule has 2 saturated heterocycles. The van der Waals surface area contributed by atoms with Crippen molar-refractivity contribution in [1.29, 1.82) is 0 Å². The third-order valence-electron chi connectivity index (χ3n) is 5.34. The Labute approximate surface area is 143 Å². The lowest BCUT2D eigenvalue weighted by Gasteiger charge is -2.48. The van der Waals surface area contributed by atoms with Gasteiger partial charge in [-0.15, -0.1) is 0 Å². The van der Waals surface area contributed by atoms with Gasteiger partial charge in [-0.05, 0) is 37.0 Å². The number of hydrogen-bond acceptors (Lipinski definition) is 4. The van der Waals surface area contributed by atoms with Crippen LogP contribution in [0.4, 0.5) is 0 Å². The highest BCUT2D eigenvalue weighted by molar-refractivity contribution is 5.95. The van der Waals surface area contributed by atoms with Crippen LogP contribution in [0.5, 0.6) is 0 Å². The maximum Gasteiger partial charge on any atom is 0.338 e. The second-order valence-corrected chi connectivity index (χ2v) is 7.39. The number of piperidine rings is 2. The summed E-state index contributed by atoms with van der Waals surface area (Å²) in [6, 6.07) is 13.9. The van der Waals surface area contributed by atoms with E-state index in [1.165, 1.54) is 0 Å². The van der Waals surface area contributed by atoms with Gasteiger partial charge in [0, 0.05) is 38.0 Å². The molecule has 0 spiro atoms. The molecule has 24 heavy (non-hydrogen) atoms. The van der Waals surface area contributed by atoms with Gasteiger partial charge < -0.3 is 14.5 Å². The highest BCUT2D eigenvalue weighted by Crippen LogP contribution is 2.31. The minimum absolute atomic E-state index is 0.0383. The van der Waals surface area contributed by atoms with Gasteiger partial charge in [-0.25, -0.2) is 4.79 Å². The Morgan fingerprint density at radius 2 is 1.50 bits per heavy atom. The number of esters is 1. The minimum Gasteiger partial charge on any atom is -0.458 e. The Balaban J connectivity index is 1.54. The van der Waals surface area contributed by atoms with Gasteiger partial charge >= 0.3 is 5.97 Å². The molecule has 2 aromatic rings. The maximum absolute atomic E-state index is 12.7. The summed E-state index contributed by atoms with van der Waals surface area (Å²) in [5, 5.41) is 2.22. The summed E-state index contributed by atoms with van der Waals surface area (Å²) in [4.78, 5) is 17.4. The molecule has 0 aromatic heterocycles. The Morgan fingerprint density at radius 3 is 2.12 bits per heavy atom. The fourth-order valence-corrected chi connectivity index (χ4v) is 4.37. The largest absolute Gasteiger partial charge is 0.458 e. The van der Waals surface area contributed by atoms with Gasteiger partial charge in [0.25, 0.3) is 0 Å². The minimum atomic E-state index is -0.185. The number of rotatable bonds is 2. The molecule has 0 atom stereocenters. The Hall–Kier alpha value is -1.91. The van der Waals surface area contributed by atoms with Crippen LogP contribution in [0, 0.1) is 11.8 Å². The van der Waals surface area contributed by atoms with Crippen molar-refractivity contribution in [2.45, 2.75) is 6.10 Å². The number of likely N-dealkylation sites (tertiary alicyclic amines) is 2. The topological polar surface area (TPSA) is 32.8 Å². The Morgan fingerprint density at radius 1 is 0.917 bits per heavy atom. The van der Waals surface area contributed by atoms with Crippen molar-refractivity contribution < 1.29 is 9.53 Å². The molecule has 2 fully saturated rings. The van der Waals surface area contributed by atoms with Crippen LogP contribution in [-0.4, -0.2) is 62.1 Å². The van der Waals surface area contributed by atoms with E-state index in [9.17, 15) is 4.79 Å². The zero-order chi connectivity index (χ0) is 16.7. The van der Waals surface area contributed by atoms with Crippen LogP contribution in [0.15, 0.2) is 42.5 Å². The number of fused-ring (bicyclic) bond motifs is 3. The number of hydrogen-bond donors (Lipinski definition) is 0. The molecule has 0 radical (unpaired) electrons. The second-order valence-electron chi connectivity index (χ2n) is 7.39. The third-order valence-corrected chi connectivity index (χ3v) is 5.34. The quantitative estimate of drug-likeness (QED) is 0.795. The van der Waals surface area contributed by atoms with E-state index in [1.807, 2.05) is 36.4 Å². The second kappa shape index (κ2) is 6.19. The van der Waals surface area contributed by atoms with Crippen molar-refractivity contribution in [1.82, 2.24) is 9.80 Å². The van der Waals surface area contributed by atoms with Gasteiger partial charge in [-0.2, -0.15) is 0 Å². The molecule has 2 aliphatic heterocycles. The summed E-state index contributed by atoms with van der Waals surface area (Å²) >= 11 is 0. The van der Waals surface area contributed by atoms with E-state index in [1.54, 1.807) is 0 Å². The first-order valence-electron chi connectivity index (χ1n) is 8.67. The summed E-state index contributed by atoms with van der Waals surface area (Å²) in [7, 11) is 4.32. The zero-order valence-corrected chi connectivity index (χ0v) is 14.3. The Bertz CT molecular complexity index is 730. The number of carbonyl (C=O) groups excluding carboxylic acids is 1. The summed E-state index contributed by atoms with van der Waals surface area (Å²) in [5.74, 6) is 0.615. The number of carbonyl (C=O) groups is 1. The first kappa shape index (κ1) is 15.6. The summed E-state index contributed by atoms with van der Waals surface area (Å²) in [5.41, 5.74) is 0.652. The first-order chi connectivity index (χ1) is 11.6. The van der Waals surface area contributed by atoms with Gasteiger partial charge in [0.2, 0.25) is 0 Å². The van der Waals surface area contributed by atoms with Gasteiger partial charge in [0.1, 0.15) is 6.10 Å². The van der Waals surface area contributed by atoms with E-state index >= 15 is 0 Å². The molecule has 4 nitrogen and oxygen atoms in total. The van der Waals surface area contributed by atoms with Crippen molar-refractivity contribution in [3.63, 3.8) is 0 Å². The lowest BCUT2D eigenvalue weighted by Crippen LogP contribution is -2.59. The number of nitrogens with zero attached hydrogens (tertiary/aromatic N) is 2. The monoisotopic (exact) mass is 324 g/mol. The van der Waals surface area contributed by atoms with E-state index in [0.29, 0.717) is 17.4 Å². The van der Waals surface area contributed by atoms with E-state index < -0.39 is 0 Å². The van der Waals surface area contributed by atoms with E-state index in [-0.39, 0.29) is 12.1 Å². The molecule has 2 aliphatic rings. The van der Waals surface area contributed by atoms with Crippen molar-refractivity contribution >= 4 is 16.7 Å². The molecule has 0 saturated carbocycles. The normalized spacial score (nSPS) is 28.0. The van der Waals surface area contributed by atoms with Crippen LogP contribution in [-0.2, 0) is 4.74 Å². The summed E-state index contributed by atoms with van der Waals surface area (Å²) in [6.07, 6.45) is 0.0383. The predicted molar refractivity (Wildman–Crippen MR) is 95.1 cm³/mol. The van der Waals surface area contributed by atoms with Crippen LogP contribution < -0.4 is 0 Å². The SMILES string of the molecule is CN1CC2CN(C)CC(C1)C2OC(=O)c1ccc2ccccc2c1. The number of benzene rings is 2. The maximum atomic E-state index is 12.7. The average Bonchev–Trinajstić information content (AvgIpc) is 2.55. The lowest BCUT2D eigenvalue weighted by atomic mass is 9.82. The molecule has 4 rings (SSSR count). The highest BCUT2D eigenvalue weighted by Gasteiger charge is 2.42. The van der Waals surface area contributed by atoms with Crippen molar-refractivity contribution in [2.75, 3.05) is 40.3 Å². The van der Waals surface area contributed by atoms with E-state index in [2.05, 4.69) is 30.0 Å². The third kappa shape index (κ3) is 2.92. The molecular formula is C20H24N2O2. The number of ether oxygens (including phenoxy) is 1. The van der Waals surface area contributed by atoms with Crippen molar-refractivity contribution in [3.8, 4) is 0 Å². The fourth-order valence-electron chi connectivity index (χ4n) is 4.37. The van der Waals surface area contributed by atoms with Crippen LogP contribution >= 0.6 is 0 Å². The first-order valence-corrected chi connectivity index (χ1v) is 8.67.